The van der Waals surface area contributed by atoms with E-state index in [1.54, 1.807) is 26.2 Å². The number of aliphatic carboxylic acids is 1. The highest BCUT2D eigenvalue weighted by Gasteiger charge is 2.33. The maximum Gasteiger partial charge on any atom is 0.305 e. The van der Waals surface area contributed by atoms with E-state index in [1.807, 2.05) is 13.8 Å². The summed E-state index contributed by atoms with van der Waals surface area (Å²) in [5.41, 5.74) is -1.32. The van der Waals surface area contributed by atoms with Gasteiger partial charge in [0.15, 0.2) is 0 Å². The van der Waals surface area contributed by atoms with Crippen LogP contribution in [0.5, 0.6) is 0 Å². The molecule has 0 fully saturated rings. The first-order valence-corrected chi connectivity index (χ1v) is 6.37. The number of aromatic nitrogens is 1. The predicted octanol–water partition coefficient (Wildman–Crippen LogP) is 1.00. The summed E-state index contributed by atoms with van der Waals surface area (Å²) in [4.78, 5) is 35.0. The monoisotopic (exact) mass is 280 g/mol. The number of nitrogens with zero attached hydrogens (tertiary/aromatic N) is 1. The standard InChI is InChI=1S/C14H20N2O4/c1-9(2)14(3,8-11(17)18)15-12(19)10-6-5-7-16(4)13(10)20/h5-7,9H,8H2,1-4H3,(H,15,19)(H,17,18). The molecule has 20 heavy (non-hydrogen) atoms. The van der Waals surface area contributed by atoms with Crippen molar-refractivity contribution in [3.05, 3.63) is 34.2 Å². The SMILES string of the molecule is CC(C)C(C)(CC(=O)O)NC(=O)c1cccn(C)c1=O. The first-order chi connectivity index (χ1) is 9.17. The Bertz CT molecular complexity index is 577. The van der Waals surface area contributed by atoms with Crippen LogP contribution in [0.4, 0.5) is 0 Å². The van der Waals surface area contributed by atoms with Crippen molar-refractivity contribution in [2.45, 2.75) is 32.7 Å². The van der Waals surface area contributed by atoms with Crippen LogP contribution < -0.4 is 10.9 Å². The summed E-state index contributed by atoms with van der Waals surface area (Å²) < 4.78 is 1.30. The number of pyridine rings is 1. The third-order valence-electron chi connectivity index (χ3n) is 3.56. The number of carbonyl (C=O) groups excluding carboxylic acids is 1. The number of rotatable bonds is 5. The van der Waals surface area contributed by atoms with Gasteiger partial charge in [0.05, 0.1) is 12.0 Å². The highest BCUT2D eigenvalue weighted by Crippen LogP contribution is 2.21. The third kappa shape index (κ3) is 3.46. The second-order valence-corrected chi connectivity index (χ2v) is 5.43. The number of carbonyl (C=O) groups is 2. The van der Waals surface area contributed by atoms with Crippen molar-refractivity contribution in [1.82, 2.24) is 9.88 Å². The molecule has 1 atom stereocenters. The largest absolute Gasteiger partial charge is 0.481 e. The Kier molecular flexibility index (Phi) is 4.70. The highest BCUT2D eigenvalue weighted by atomic mass is 16.4. The summed E-state index contributed by atoms with van der Waals surface area (Å²) in [6.07, 6.45) is 1.35. The fourth-order valence-electron chi connectivity index (χ4n) is 1.80. The van der Waals surface area contributed by atoms with E-state index in [2.05, 4.69) is 5.32 Å². The molecule has 0 aliphatic carbocycles. The Hall–Kier alpha value is -2.11. The molecule has 0 spiro atoms. The Morgan fingerprint density at radius 3 is 2.55 bits per heavy atom. The molecule has 1 rings (SSSR count). The minimum atomic E-state index is -0.998. The van der Waals surface area contributed by atoms with Gasteiger partial charge in [-0.1, -0.05) is 13.8 Å². The van der Waals surface area contributed by atoms with Crippen molar-refractivity contribution in [3.63, 3.8) is 0 Å². The number of aryl methyl sites for hydroxylation is 1. The molecule has 1 aromatic rings. The zero-order valence-electron chi connectivity index (χ0n) is 12.1. The van der Waals surface area contributed by atoms with Crippen molar-refractivity contribution in [1.29, 1.82) is 0 Å². The van der Waals surface area contributed by atoms with Crippen LogP contribution in [0.3, 0.4) is 0 Å². The van der Waals surface area contributed by atoms with E-state index in [9.17, 15) is 14.4 Å². The summed E-state index contributed by atoms with van der Waals surface area (Å²) >= 11 is 0. The average Bonchev–Trinajstić information content (AvgIpc) is 2.31. The summed E-state index contributed by atoms with van der Waals surface area (Å²) in [5.74, 6) is -1.64. The second-order valence-electron chi connectivity index (χ2n) is 5.43. The van der Waals surface area contributed by atoms with Crippen LogP contribution in [0.25, 0.3) is 0 Å². The van der Waals surface area contributed by atoms with E-state index in [-0.39, 0.29) is 17.9 Å². The van der Waals surface area contributed by atoms with Gasteiger partial charge in [-0.15, -0.1) is 0 Å². The third-order valence-corrected chi connectivity index (χ3v) is 3.56. The van der Waals surface area contributed by atoms with Crippen molar-refractivity contribution in [3.8, 4) is 0 Å². The molecule has 0 aliphatic heterocycles. The minimum Gasteiger partial charge on any atom is -0.481 e. The van der Waals surface area contributed by atoms with Gasteiger partial charge in [-0.2, -0.15) is 0 Å². The molecule has 1 amide bonds. The molecule has 6 nitrogen and oxygen atoms in total. The summed E-state index contributed by atoms with van der Waals surface area (Å²) in [6.45, 7) is 5.32. The van der Waals surface area contributed by atoms with Crippen LogP contribution in [0, 0.1) is 5.92 Å². The molecule has 6 heteroatoms. The normalized spacial score (nSPS) is 13.8. The van der Waals surface area contributed by atoms with E-state index in [4.69, 9.17) is 5.11 Å². The van der Waals surface area contributed by atoms with Crippen LogP contribution in [0.15, 0.2) is 23.1 Å². The zero-order valence-corrected chi connectivity index (χ0v) is 12.1. The highest BCUT2D eigenvalue weighted by molar-refractivity contribution is 5.94. The molecule has 1 aromatic heterocycles. The lowest BCUT2D eigenvalue weighted by molar-refractivity contribution is -0.138. The predicted molar refractivity (Wildman–Crippen MR) is 74.6 cm³/mol. The second kappa shape index (κ2) is 5.90. The van der Waals surface area contributed by atoms with Gasteiger partial charge in [-0.3, -0.25) is 14.4 Å². The number of nitrogens with one attached hydrogen (secondary N) is 1. The topological polar surface area (TPSA) is 88.4 Å². The molecule has 1 heterocycles. The molecular weight excluding hydrogens is 260 g/mol. The molecule has 110 valence electrons. The first-order valence-electron chi connectivity index (χ1n) is 6.37. The lowest BCUT2D eigenvalue weighted by Gasteiger charge is -2.33. The molecule has 0 aromatic carbocycles. The van der Waals surface area contributed by atoms with E-state index < -0.39 is 23.0 Å². The molecule has 0 aliphatic rings. The molecule has 2 N–H and O–H groups in total. The van der Waals surface area contributed by atoms with Gasteiger partial charge in [0, 0.05) is 13.2 Å². The number of carboxylic acid groups (broad SMARTS) is 1. The van der Waals surface area contributed by atoms with Gasteiger partial charge in [-0.05, 0) is 25.0 Å². The molecule has 0 saturated carbocycles. The van der Waals surface area contributed by atoms with E-state index in [0.717, 1.165) is 0 Å². The fraction of sp³-hybridized carbons (Fsp3) is 0.500. The maximum absolute atomic E-state index is 12.2. The Morgan fingerprint density at radius 1 is 1.45 bits per heavy atom. The molecular formula is C14H20N2O4. The van der Waals surface area contributed by atoms with E-state index in [0.29, 0.717) is 0 Å². The Labute approximate surface area is 117 Å². The van der Waals surface area contributed by atoms with Gasteiger partial charge in [0.1, 0.15) is 5.56 Å². The van der Waals surface area contributed by atoms with Gasteiger partial charge < -0.3 is 15.0 Å². The van der Waals surface area contributed by atoms with Crippen molar-refractivity contribution in [2.75, 3.05) is 0 Å². The van der Waals surface area contributed by atoms with Crippen LogP contribution in [-0.4, -0.2) is 27.1 Å². The van der Waals surface area contributed by atoms with E-state index in [1.165, 1.54) is 10.6 Å². The summed E-state index contributed by atoms with van der Waals surface area (Å²) in [5, 5.41) is 11.6. The maximum atomic E-state index is 12.2. The number of amides is 1. The van der Waals surface area contributed by atoms with Gasteiger partial charge >= 0.3 is 5.97 Å². The van der Waals surface area contributed by atoms with Crippen molar-refractivity contribution in [2.24, 2.45) is 13.0 Å². The summed E-state index contributed by atoms with van der Waals surface area (Å²) in [6, 6.07) is 3.03. The number of hydrogen-bond acceptors (Lipinski definition) is 3. The van der Waals surface area contributed by atoms with Gasteiger partial charge in [0.2, 0.25) is 0 Å². The molecule has 0 saturated heterocycles. The fourth-order valence-corrected chi connectivity index (χ4v) is 1.80. The van der Waals surface area contributed by atoms with Crippen molar-refractivity contribution >= 4 is 11.9 Å². The smallest absolute Gasteiger partial charge is 0.305 e. The molecule has 0 radical (unpaired) electrons. The Morgan fingerprint density at radius 2 is 2.05 bits per heavy atom. The van der Waals surface area contributed by atoms with Gasteiger partial charge in [0.25, 0.3) is 11.5 Å². The summed E-state index contributed by atoms with van der Waals surface area (Å²) in [7, 11) is 1.55. The number of hydrogen-bond donors (Lipinski definition) is 2. The van der Waals surface area contributed by atoms with Crippen LogP contribution in [0.1, 0.15) is 37.6 Å². The quantitative estimate of drug-likeness (QED) is 0.842. The van der Waals surface area contributed by atoms with Crippen molar-refractivity contribution < 1.29 is 14.7 Å². The lowest BCUT2D eigenvalue weighted by Crippen LogP contribution is -2.52. The first kappa shape index (κ1) is 15.9. The average molecular weight is 280 g/mol. The molecule has 0 bridgehead atoms. The van der Waals surface area contributed by atoms with Crippen LogP contribution in [-0.2, 0) is 11.8 Å². The van der Waals surface area contributed by atoms with E-state index >= 15 is 0 Å². The zero-order chi connectivity index (χ0) is 15.5. The lowest BCUT2D eigenvalue weighted by atomic mass is 9.85. The van der Waals surface area contributed by atoms with Crippen LogP contribution in [0.2, 0.25) is 0 Å². The minimum absolute atomic E-state index is 0.00673. The molecule has 1 unspecified atom stereocenters. The number of carboxylic acids is 1. The Balaban J connectivity index is 3.06. The van der Waals surface area contributed by atoms with Gasteiger partial charge in [-0.25, -0.2) is 0 Å². The van der Waals surface area contributed by atoms with Crippen LogP contribution >= 0.6 is 0 Å².